The molecule has 1 fully saturated rings. The van der Waals surface area contributed by atoms with Gasteiger partial charge < -0.3 is 24.8 Å². The Morgan fingerprint density at radius 3 is 2.59 bits per heavy atom. The molecule has 0 saturated carbocycles. The first-order valence-electron chi connectivity index (χ1n) is 8.97. The van der Waals surface area contributed by atoms with Gasteiger partial charge in [0, 0.05) is 13.1 Å². The fourth-order valence-electron chi connectivity index (χ4n) is 3.10. The summed E-state index contributed by atoms with van der Waals surface area (Å²) in [5.41, 5.74) is 6.63. The van der Waals surface area contributed by atoms with Gasteiger partial charge in [-0.3, -0.25) is 4.79 Å². The first-order valence-corrected chi connectivity index (χ1v) is 8.97. The average Bonchev–Trinajstić information content (AvgIpc) is 2.70. The van der Waals surface area contributed by atoms with Crippen molar-refractivity contribution >= 4 is 17.5 Å². The van der Waals surface area contributed by atoms with Crippen LogP contribution in [0.25, 0.3) is 0 Å². The first kappa shape index (κ1) is 18.8. The number of benzene rings is 1. The van der Waals surface area contributed by atoms with E-state index in [1.807, 2.05) is 24.0 Å². The number of piperidine rings is 1. The third kappa shape index (κ3) is 4.21. The number of anilines is 2. The topological polar surface area (TPSA) is 99.8 Å². The van der Waals surface area contributed by atoms with E-state index in [9.17, 15) is 4.79 Å². The van der Waals surface area contributed by atoms with Gasteiger partial charge in [-0.25, -0.2) is 4.98 Å². The number of hydrogen-bond donors (Lipinski definition) is 1. The highest BCUT2D eigenvalue weighted by Crippen LogP contribution is 2.36. The Kier molecular flexibility index (Phi) is 5.95. The molecule has 144 valence electrons. The standard InChI is InChI=1S/C19H24N4O4/c1-3-26-19(24)13-8-10-23(11-9-13)17-16(20)18(22-12-21-17)27-15-7-5-4-6-14(15)25-2/h4-7,12-13H,3,8-11,20H2,1-2H3. The monoisotopic (exact) mass is 372 g/mol. The zero-order valence-electron chi connectivity index (χ0n) is 15.6. The van der Waals surface area contributed by atoms with E-state index in [1.54, 1.807) is 19.2 Å². The lowest BCUT2D eigenvalue weighted by Gasteiger charge is -2.32. The van der Waals surface area contributed by atoms with E-state index in [0.29, 0.717) is 55.5 Å². The highest BCUT2D eigenvalue weighted by atomic mass is 16.5. The van der Waals surface area contributed by atoms with Crippen LogP contribution in [0.3, 0.4) is 0 Å². The predicted octanol–water partition coefficient (Wildman–Crippen LogP) is 2.64. The van der Waals surface area contributed by atoms with Crippen LogP contribution in [0.4, 0.5) is 11.5 Å². The molecule has 1 aromatic heterocycles. The molecule has 0 spiro atoms. The second-order valence-corrected chi connectivity index (χ2v) is 6.18. The van der Waals surface area contributed by atoms with Crippen LogP contribution in [0.5, 0.6) is 17.4 Å². The van der Waals surface area contributed by atoms with Crippen molar-refractivity contribution in [3.05, 3.63) is 30.6 Å². The average molecular weight is 372 g/mol. The van der Waals surface area contributed by atoms with Crippen molar-refractivity contribution in [1.82, 2.24) is 9.97 Å². The molecule has 0 radical (unpaired) electrons. The Morgan fingerprint density at radius 2 is 1.93 bits per heavy atom. The minimum absolute atomic E-state index is 0.0754. The highest BCUT2D eigenvalue weighted by molar-refractivity contribution is 5.73. The number of nitrogen functional groups attached to an aromatic ring is 1. The summed E-state index contributed by atoms with van der Waals surface area (Å²) in [6, 6.07) is 7.28. The number of nitrogens with two attached hydrogens (primary N) is 1. The molecule has 0 atom stereocenters. The number of methoxy groups -OCH3 is 1. The van der Waals surface area contributed by atoms with E-state index < -0.39 is 0 Å². The molecule has 1 saturated heterocycles. The molecule has 1 aromatic carbocycles. The predicted molar refractivity (Wildman–Crippen MR) is 101 cm³/mol. The summed E-state index contributed by atoms with van der Waals surface area (Å²) >= 11 is 0. The number of carbonyl (C=O) groups is 1. The lowest BCUT2D eigenvalue weighted by Crippen LogP contribution is -2.37. The third-order valence-corrected chi connectivity index (χ3v) is 4.52. The lowest BCUT2D eigenvalue weighted by atomic mass is 9.97. The minimum Gasteiger partial charge on any atom is -0.493 e. The van der Waals surface area contributed by atoms with Gasteiger partial charge in [0.1, 0.15) is 12.0 Å². The van der Waals surface area contributed by atoms with Gasteiger partial charge in [-0.1, -0.05) is 12.1 Å². The molecular formula is C19H24N4O4. The molecule has 0 aliphatic carbocycles. The Bertz CT molecular complexity index is 791. The van der Waals surface area contributed by atoms with Gasteiger partial charge in [-0.05, 0) is 31.9 Å². The van der Waals surface area contributed by atoms with E-state index >= 15 is 0 Å². The summed E-state index contributed by atoms with van der Waals surface area (Å²) < 4.78 is 16.3. The minimum atomic E-state index is -0.131. The highest BCUT2D eigenvalue weighted by Gasteiger charge is 2.28. The Morgan fingerprint density at radius 1 is 1.22 bits per heavy atom. The second-order valence-electron chi connectivity index (χ2n) is 6.18. The normalized spacial score (nSPS) is 14.7. The lowest BCUT2D eigenvalue weighted by molar-refractivity contribution is -0.148. The molecule has 3 rings (SSSR count). The van der Waals surface area contributed by atoms with Crippen LogP contribution >= 0.6 is 0 Å². The zero-order valence-corrected chi connectivity index (χ0v) is 15.6. The number of ether oxygens (including phenoxy) is 3. The van der Waals surface area contributed by atoms with Gasteiger partial charge in [0.2, 0.25) is 5.88 Å². The molecule has 8 heteroatoms. The van der Waals surface area contributed by atoms with Crippen molar-refractivity contribution in [1.29, 1.82) is 0 Å². The largest absolute Gasteiger partial charge is 0.493 e. The Labute approximate surface area is 158 Å². The van der Waals surface area contributed by atoms with Crippen molar-refractivity contribution in [3.63, 3.8) is 0 Å². The van der Waals surface area contributed by atoms with Crippen LogP contribution in [0.1, 0.15) is 19.8 Å². The summed E-state index contributed by atoms with van der Waals surface area (Å²) in [7, 11) is 1.57. The molecule has 1 aliphatic heterocycles. The summed E-state index contributed by atoms with van der Waals surface area (Å²) in [6.07, 6.45) is 2.82. The SMILES string of the molecule is CCOC(=O)C1CCN(c2ncnc(Oc3ccccc3OC)c2N)CC1. The van der Waals surface area contributed by atoms with E-state index in [-0.39, 0.29) is 17.8 Å². The van der Waals surface area contributed by atoms with Crippen molar-refractivity contribution in [3.8, 4) is 17.4 Å². The number of esters is 1. The molecule has 2 heterocycles. The molecule has 2 N–H and O–H groups in total. The van der Waals surface area contributed by atoms with Crippen LogP contribution in [0.15, 0.2) is 30.6 Å². The summed E-state index contributed by atoms with van der Waals surface area (Å²) in [6.45, 7) is 3.55. The van der Waals surface area contributed by atoms with Gasteiger partial charge in [0.05, 0.1) is 19.6 Å². The van der Waals surface area contributed by atoms with E-state index in [0.717, 1.165) is 0 Å². The van der Waals surface area contributed by atoms with Crippen LogP contribution in [-0.2, 0) is 9.53 Å². The maximum atomic E-state index is 11.9. The van der Waals surface area contributed by atoms with Crippen molar-refractivity contribution in [2.75, 3.05) is 37.4 Å². The summed E-state index contributed by atoms with van der Waals surface area (Å²) in [5, 5.41) is 0. The number of rotatable bonds is 6. The van der Waals surface area contributed by atoms with Gasteiger partial charge in [-0.2, -0.15) is 4.98 Å². The van der Waals surface area contributed by atoms with Gasteiger partial charge in [-0.15, -0.1) is 0 Å². The third-order valence-electron chi connectivity index (χ3n) is 4.52. The first-order chi connectivity index (χ1) is 13.1. The van der Waals surface area contributed by atoms with Crippen LogP contribution in [-0.4, -0.2) is 42.7 Å². The van der Waals surface area contributed by atoms with Crippen molar-refractivity contribution in [2.24, 2.45) is 5.92 Å². The van der Waals surface area contributed by atoms with Crippen molar-refractivity contribution < 1.29 is 19.0 Å². The molecular weight excluding hydrogens is 348 g/mol. The molecule has 0 amide bonds. The Balaban J connectivity index is 1.73. The fourth-order valence-corrected chi connectivity index (χ4v) is 3.10. The van der Waals surface area contributed by atoms with E-state index in [2.05, 4.69) is 9.97 Å². The summed E-state index contributed by atoms with van der Waals surface area (Å²) in [4.78, 5) is 22.4. The Hall–Kier alpha value is -3.03. The van der Waals surface area contributed by atoms with Crippen LogP contribution in [0, 0.1) is 5.92 Å². The second kappa shape index (κ2) is 8.57. The van der Waals surface area contributed by atoms with E-state index in [1.165, 1.54) is 6.33 Å². The quantitative estimate of drug-likeness (QED) is 0.773. The number of para-hydroxylation sites is 2. The molecule has 2 aromatic rings. The number of aromatic nitrogens is 2. The zero-order chi connectivity index (χ0) is 19.2. The molecule has 0 bridgehead atoms. The molecule has 8 nitrogen and oxygen atoms in total. The molecule has 1 aliphatic rings. The number of hydrogen-bond acceptors (Lipinski definition) is 8. The van der Waals surface area contributed by atoms with Gasteiger partial charge >= 0.3 is 5.97 Å². The maximum absolute atomic E-state index is 11.9. The smallest absolute Gasteiger partial charge is 0.309 e. The fraction of sp³-hybridized carbons (Fsp3) is 0.421. The summed E-state index contributed by atoms with van der Waals surface area (Å²) in [5.74, 6) is 1.79. The van der Waals surface area contributed by atoms with Gasteiger partial charge in [0.25, 0.3) is 0 Å². The molecule has 27 heavy (non-hydrogen) atoms. The van der Waals surface area contributed by atoms with Crippen LogP contribution in [0.2, 0.25) is 0 Å². The van der Waals surface area contributed by atoms with Crippen molar-refractivity contribution in [2.45, 2.75) is 19.8 Å². The van der Waals surface area contributed by atoms with E-state index in [4.69, 9.17) is 19.9 Å². The van der Waals surface area contributed by atoms with Crippen LogP contribution < -0.4 is 20.1 Å². The maximum Gasteiger partial charge on any atom is 0.309 e. The molecule has 0 unspecified atom stereocenters. The van der Waals surface area contributed by atoms with Gasteiger partial charge in [0.15, 0.2) is 17.3 Å². The number of carbonyl (C=O) groups excluding carboxylic acids is 1. The number of nitrogens with zero attached hydrogens (tertiary/aromatic N) is 3.